The Hall–Kier alpha value is -0.601. The molecule has 0 aromatic rings. The van der Waals surface area contributed by atoms with E-state index in [0.717, 1.165) is 0 Å². The fraction of sp³-hybridized carbons (Fsp3) is 0.200. The van der Waals surface area contributed by atoms with Gasteiger partial charge in [0.2, 0.25) is 0 Å². The fourth-order valence-electron chi connectivity index (χ4n) is 0.510. The number of hydrogen-bond donors (Lipinski definition) is 2. The van der Waals surface area contributed by atoms with Gasteiger partial charge >= 0.3 is 0 Å². The van der Waals surface area contributed by atoms with E-state index in [2.05, 4.69) is 5.32 Å². The van der Waals surface area contributed by atoms with Gasteiger partial charge in [0.25, 0.3) is 0 Å². The van der Waals surface area contributed by atoms with Gasteiger partial charge in [-0.3, -0.25) is 0 Å². The Labute approximate surface area is 64.0 Å². The van der Waals surface area contributed by atoms with Gasteiger partial charge in [0, 0.05) is 22.9 Å². The van der Waals surface area contributed by atoms with Crippen molar-refractivity contribution in [2.45, 2.75) is 6.42 Å². The summed E-state index contributed by atoms with van der Waals surface area (Å²) in [6.07, 6.45) is 3.93. The third kappa shape index (κ3) is 2.44. The van der Waals surface area contributed by atoms with Gasteiger partial charge in [0.1, 0.15) is 0 Å². The SMILES string of the molecule is N=C1C=CCC(=N)[N-]1.[Fe]. The van der Waals surface area contributed by atoms with Gasteiger partial charge in [-0.05, 0) is 12.3 Å². The molecule has 0 unspecified atom stereocenters. The molecule has 1 heterocycles. The molecule has 0 aliphatic carbocycles. The molecule has 0 aromatic heterocycles. The summed E-state index contributed by atoms with van der Waals surface area (Å²) in [6, 6.07) is 0. The summed E-state index contributed by atoms with van der Waals surface area (Å²) in [5.74, 6) is 0.457. The molecule has 0 saturated heterocycles. The Morgan fingerprint density at radius 3 is 2.44 bits per heavy atom. The monoisotopic (exact) mass is 164 g/mol. The van der Waals surface area contributed by atoms with Crippen molar-refractivity contribution in [2.24, 2.45) is 0 Å². The second-order valence-corrected chi connectivity index (χ2v) is 1.55. The topological polar surface area (TPSA) is 61.8 Å². The molecule has 0 bridgehead atoms. The van der Waals surface area contributed by atoms with Gasteiger partial charge in [0.05, 0.1) is 0 Å². The summed E-state index contributed by atoms with van der Waals surface area (Å²) in [4.78, 5) is 0. The van der Waals surface area contributed by atoms with Gasteiger partial charge in [-0.1, -0.05) is 12.2 Å². The van der Waals surface area contributed by atoms with E-state index >= 15 is 0 Å². The minimum atomic E-state index is 0. The molecule has 0 fully saturated rings. The molecular weight excluding hydrogens is 158 g/mol. The van der Waals surface area contributed by atoms with Crippen molar-refractivity contribution in [3.05, 3.63) is 17.5 Å². The molecule has 0 amide bonds. The zero-order chi connectivity index (χ0) is 5.98. The summed E-state index contributed by atoms with van der Waals surface area (Å²) in [6.45, 7) is 0. The first-order valence-electron chi connectivity index (χ1n) is 2.33. The summed E-state index contributed by atoms with van der Waals surface area (Å²) in [7, 11) is 0. The molecule has 0 spiro atoms. The van der Waals surface area contributed by atoms with E-state index in [0.29, 0.717) is 6.42 Å². The van der Waals surface area contributed by atoms with E-state index in [1.165, 1.54) is 0 Å². The quantitative estimate of drug-likeness (QED) is 0.506. The van der Waals surface area contributed by atoms with Crippen LogP contribution in [-0.2, 0) is 17.1 Å². The normalized spacial score (nSPS) is 16.4. The van der Waals surface area contributed by atoms with Crippen LogP contribution in [0.2, 0.25) is 0 Å². The Bertz CT molecular complexity index is 162. The number of nitrogens with zero attached hydrogens (tertiary/aromatic N) is 1. The summed E-state index contributed by atoms with van der Waals surface area (Å²) >= 11 is 0. The van der Waals surface area contributed by atoms with Crippen molar-refractivity contribution in [2.75, 3.05) is 0 Å². The third-order valence-corrected chi connectivity index (χ3v) is 0.842. The second kappa shape index (κ2) is 3.43. The molecule has 0 aromatic carbocycles. The summed E-state index contributed by atoms with van der Waals surface area (Å²) in [5.41, 5.74) is 0. The standard InChI is InChI=1S/C5H6N3.Fe/c6-4-2-1-3-5(7)8-4;/h1-2H,3H2,(H2-,6,7,8);/q-1;. The van der Waals surface area contributed by atoms with E-state index in [1.54, 1.807) is 12.2 Å². The predicted molar refractivity (Wildman–Crippen MR) is 32.6 cm³/mol. The van der Waals surface area contributed by atoms with Crippen molar-refractivity contribution in [1.82, 2.24) is 0 Å². The maximum Gasteiger partial charge on any atom is 0.00167 e. The molecule has 0 radical (unpaired) electrons. The molecule has 0 saturated carbocycles. The van der Waals surface area contributed by atoms with Crippen molar-refractivity contribution in [3.63, 3.8) is 0 Å². The van der Waals surface area contributed by atoms with Crippen LogP contribution >= 0.6 is 0 Å². The molecule has 1 aliphatic heterocycles. The third-order valence-electron chi connectivity index (χ3n) is 0.842. The molecule has 4 heteroatoms. The predicted octanol–water partition coefficient (Wildman–Crippen LogP) is 1.27. The van der Waals surface area contributed by atoms with Gasteiger partial charge in [-0.2, -0.15) is 0 Å². The number of rotatable bonds is 0. The molecule has 2 N–H and O–H groups in total. The average molecular weight is 164 g/mol. The van der Waals surface area contributed by atoms with Crippen LogP contribution < -0.4 is 0 Å². The number of amidine groups is 2. The van der Waals surface area contributed by atoms with Crippen LogP contribution in [0.15, 0.2) is 12.2 Å². The van der Waals surface area contributed by atoms with E-state index < -0.39 is 0 Å². The summed E-state index contributed by atoms with van der Waals surface area (Å²) < 4.78 is 0. The van der Waals surface area contributed by atoms with Crippen molar-refractivity contribution < 1.29 is 17.1 Å². The van der Waals surface area contributed by atoms with E-state index in [-0.39, 0.29) is 28.7 Å². The molecule has 9 heavy (non-hydrogen) atoms. The van der Waals surface area contributed by atoms with Crippen LogP contribution in [0.4, 0.5) is 0 Å². The van der Waals surface area contributed by atoms with Crippen LogP contribution in [0.25, 0.3) is 5.32 Å². The Morgan fingerprint density at radius 1 is 1.44 bits per heavy atom. The molecular formula is C5H6FeN3-. The van der Waals surface area contributed by atoms with Gasteiger partial charge < -0.3 is 16.1 Å². The van der Waals surface area contributed by atoms with E-state index in [9.17, 15) is 0 Å². The number of hydrogen-bond acceptors (Lipinski definition) is 2. The van der Waals surface area contributed by atoms with Crippen LogP contribution in [0.5, 0.6) is 0 Å². The molecule has 1 rings (SSSR count). The van der Waals surface area contributed by atoms with Gasteiger partial charge in [-0.25, -0.2) is 0 Å². The van der Waals surface area contributed by atoms with Gasteiger partial charge in [0.15, 0.2) is 0 Å². The van der Waals surface area contributed by atoms with Crippen LogP contribution in [0.1, 0.15) is 6.42 Å². The Morgan fingerprint density at radius 2 is 2.11 bits per heavy atom. The van der Waals surface area contributed by atoms with Crippen LogP contribution in [0, 0.1) is 10.8 Å². The Kier molecular flexibility index (Phi) is 3.20. The minimum Gasteiger partial charge on any atom is -0.416 e. The molecule has 3 nitrogen and oxygen atoms in total. The minimum absolute atomic E-state index is 0. The average Bonchev–Trinajstić information content (AvgIpc) is 1.64. The fourth-order valence-corrected chi connectivity index (χ4v) is 0.510. The molecule has 50 valence electrons. The first kappa shape index (κ1) is 8.40. The van der Waals surface area contributed by atoms with Crippen LogP contribution in [-0.4, -0.2) is 11.7 Å². The smallest absolute Gasteiger partial charge is 0.00167 e. The first-order valence-corrected chi connectivity index (χ1v) is 2.33. The van der Waals surface area contributed by atoms with E-state index in [4.69, 9.17) is 10.8 Å². The van der Waals surface area contributed by atoms with Crippen LogP contribution in [0.3, 0.4) is 0 Å². The van der Waals surface area contributed by atoms with E-state index in [1.807, 2.05) is 0 Å². The second-order valence-electron chi connectivity index (χ2n) is 1.55. The molecule has 0 atom stereocenters. The number of nitrogens with one attached hydrogen (secondary N) is 2. The molecule has 1 aliphatic rings. The van der Waals surface area contributed by atoms with Crippen molar-refractivity contribution in [3.8, 4) is 0 Å². The largest absolute Gasteiger partial charge is 0.416 e. The first-order chi connectivity index (χ1) is 3.79. The van der Waals surface area contributed by atoms with Crippen molar-refractivity contribution in [1.29, 1.82) is 10.8 Å². The van der Waals surface area contributed by atoms with Gasteiger partial charge in [-0.15, -0.1) is 0 Å². The zero-order valence-corrected chi connectivity index (χ0v) is 5.77. The summed E-state index contributed by atoms with van der Waals surface area (Å²) in [5, 5.41) is 17.4. The Balaban J connectivity index is 0.000000640. The zero-order valence-electron chi connectivity index (χ0n) is 4.66. The maximum absolute atomic E-state index is 6.96. The van der Waals surface area contributed by atoms with Crippen molar-refractivity contribution >= 4 is 11.7 Å². The maximum atomic E-state index is 6.96.